The van der Waals surface area contributed by atoms with Gasteiger partial charge in [0.1, 0.15) is 0 Å². The van der Waals surface area contributed by atoms with E-state index in [0.717, 1.165) is 17.5 Å². The van der Waals surface area contributed by atoms with E-state index in [2.05, 4.69) is 36.1 Å². The van der Waals surface area contributed by atoms with Crippen molar-refractivity contribution in [3.8, 4) is 0 Å². The summed E-state index contributed by atoms with van der Waals surface area (Å²) >= 11 is 8.12. The van der Waals surface area contributed by atoms with Crippen LogP contribution in [0.15, 0.2) is 24.3 Å². The van der Waals surface area contributed by atoms with Gasteiger partial charge in [0, 0.05) is 22.4 Å². The second-order valence-electron chi connectivity index (χ2n) is 6.15. The summed E-state index contributed by atoms with van der Waals surface area (Å²) in [5.74, 6) is 2.16. The average molecular weight is 296 g/mol. The summed E-state index contributed by atoms with van der Waals surface area (Å²) in [6, 6.07) is 8.92. The highest BCUT2D eigenvalue weighted by molar-refractivity contribution is 8.00. The summed E-state index contributed by atoms with van der Waals surface area (Å²) < 4.78 is 0.444. The number of rotatable bonds is 5. The minimum Gasteiger partial charge on any atom is -0.308 e. The molecule has 1 aromatic carbocycles. The van der Waals surface area contributed by atoms with Crippen LogP contribution in [0.3, 0.4) is 0 Å². The Kier molecular flexibility index (Phi) is 4.11. The molecule has 0 spiro atoms. The minimum atomic E-state index is 0.444. The summed E-state index contributed by atoms with van der Waals surface area (Å²) in [5, 5.41) is 4.67. The molecular formula is C16H22ClNS. The molecule has 0 radical (unpaired) electrons. The number of hydrogen-bond donors (Lipinski definition) is 1. The number of benzene rings is 1. The van der Waals surface area contributed by atoms with Crippen molar-refractivity contribution in [1.29, 1.82) is 0 Å². The molecule has 1 saturated carbocycles. The van der Waals surface area contributed by atoms with Crippen molar-refractivity contribution in [3.63, 3.8) is 0 Å². The molecule has 1 aliphatic carbocycles. The van der Waals surface area contributed by atoms with E-state index in [4.69, 9.17) is 11.6 Å². The topological polar surface area (TPSA) is 12.0 Å². The molecule has 0 aromatic heterocycles. The second kappa shape index (κ2) is 5.67. The van der Waals surface area contributed by atoms with Crippen LogP contribution in [0.1, 0.15) is 44.2 Å². The maximum absolute atomic E-state index is 5.99. The van der Waals surface area contributed by atoms with E-state index >= 15 is 0 Å². The first kappa shape index (κ1) is 13.8. The van der Waals surface area contributed by atoms with Gasteiger partial charge in [0.05, 0.1) is 0 Å². The monoisotopic (exact) mass is 295 g/mol. The summed E-state index contributed by atoms with van der Waals surface area (Å²) in [5.41, 5.74) is 1.40. The fourth-order valence-electron chi connectivity index (χ4n) is 2.96. The van der Waals surface area contributed by atoms with Crippen molar-refractivity contribution in [2.75, 3.05) is 12.3 Å². The molecule has 2 fully saturated rings. The average Bonchev–Trinajstić information content (AvgIpc) is 3.14. The quantitative estimate of drug-likeness (QED) is 0.847. The Morgan fingerprint density at radius 3 is 2.68 bits per heavy atom. The molecule has 1 aromatic rings. The van der Waals surface area contributed by atoms with Gasteiger partial charge < -0.3 is 5.32 Å². The van der Waals surface area contributed by atoms with E-state index in [1.54, 1.807) is 0 Å². The molecular weight excluding hydrogens is 274 g/mol. The van der Waals surface area contributed by atoms with Crippen molar-refractivity contribution >= 4 is 23.4 Å². The third kappa shape index (κ3) is 3.48. The Balaban J connectivity index is 1.66. The number of thioether (sulfide) groups is 1. The highest BCUT2D eigenvalue weighted by Crippen LogP contribution is 2.43. The van der Waals surface area contributed by atoms with Gasteiger partial charge in [-0.1, -0.05) is 23.7 Å². The third-order valence-corrected chi connectivity index (χ3v) is 6.11. The first-order valence-corrected chi connectivity index (χ1v) is 8.65. The molecule has 1 heterocycles. The van der Waals surface area contributed by atoms with Gasteiger partial charge in [-0.25, -0.2) is 0 Å². The van der Waals surface area contributed by atoms with Crippen molar-refractivity contribution in [3.05, 3.63) is 34.9 Å². The molecule has 104 valence electrons. The molecule has 2 atom stereocenters. The molecule has 1 saturated heterocycles. The normalized spacial score (nSPS) is 28.5. The van der Waals surface area contributed by atoms with E-state index in [-0.39, 0.29) is 0 Å². The minimum absolute atomic E-state index is 0.444. The van der Waals surface area contributed by atoms with Crippen LogP contribution in [-0.4, -0.2) is 17.0 Å². The van der Waals surface area contributed by atoms with Crippen LogP contribution in [0, 0.1) is 5.92 Å². The van der Waals surface area contributed by atoms with Crippen molar-refractivity contribution < 1.29 is 0 Å². The van der Waals surface area contributed by atoms with E-state index < -0.39 is 0 Å². The Hall–Kier alpha value is -0.180. The Morgan fingerprint density at radius 1 is 1.37 bits per heavy atom. The van der Waals surface area contributed by atoms with Gasteiger partial charge in [-0.05, 0) is 62.0 Å². The Morgan fingerprint density at radius 2 is 2.11 bits per heavy atom. The van der Waals surface area contributed by atoms with Crippen LogP contribution in [0.4, 0.5) is 0 Å². The standard InChI is InChI=1S/C16H22ClNS/c1-16(9-2-10-19-16)11-18-15(12-3-4-12)13-5-7-14(17)8-6-13/h5-8,12,15,18H,2-4,9-11H2,1H3. The predicted octanol–water partition coefficient (Wildman–Crippen LogP) is 4.67. The van der Waals surface area contributed by atoms with E-state index in [1.165, 1.54) is 37.0 Å². The molecule has 1 aliphatic heterocycles. The summed E-state index contributed by atoms with van der Waals surface area (Å²) in [6.45, 7) is 3.53. The lowest BCUT2D eigenvalue weighted by molar-refractivity contribution is 0.438. The smallest absolute Gasteiger partial charge is 0.0406 e. The van der Waals surface area contributed by atoms with Gasteiger partial charge in [-0.2, -0.15) is 11.8 Å². The van der Waals surface area contributed by atoms with Crippen LogP contribution in [0.2, 0.25) is 5.02 Å². The van der Waals surface area contributed by atoms with Crippen LogP contribution < -0.4 is 5.32 Å². The van der Waals surface area contributed by atoms with Crippen LogP contribution in [-0.2, 0) is 0 Å². The fraction of sp³-hybridized carbons (Fsp3) is 0.625. The lowest BCUT2D eigenvalue weighted by atomic mass is 10.00. The molecule has 1 N–H and O–H groups in total. The zero-order valence-corrected chi connectivity index (χ0v) is 13.1. The SMILES string of the molecule is CC1(CNC(c2ccc(Cl)cc2)C2CC2)CCCS1. The highest BCUT2D eigenvalue weighted by atomic mass is 35.5. The predicted molar refractivity (Wildman–Crippen MR) is 85.0 cm³/mol. The van der Waals surface area contributed by atoms with E-state index in [1.807, 2.05) is 12.1 Å². The summed E-state index contributed by atoms with van der Waals surface area (Å²) in [7, 11) is 0. The maximum Gasteiger partial charge on any atom is 0.0406 e. The van der Waals surface area contributed by atoms with Crippen molar-refractivity contribution in [2.45, 2.75) is 43.4 Å². The summed E-state index contributed by atoms with van der Waals surface area (Å²) in [6.07, 6.45) is 5.45. The largest absolute Gasteiger partial charge is 0.308 e. The number of halogens is 1. The molecule has 2 aliphatic rings. The Bertz CT molecular complexity index is 421. The fourth-order valence-corrected chi connectivity index (χ4v) is 4.34. The molecule has 0 bridgehead atoms. The van der Waals surface area contributed by atoms with Gasteiger partial charge in [-0.3, -0.25) is 0 Å². The van der Waals surface area contributed by atoms with Crippen LogP contribution in [0.25, 0.3) is 0 Å². The van der Waals surface area contributed by atoms with Crippen molar-refractivity contribution in [1.82, 2.24) is 5.32 Å². The first-order chi connectivity index (χ1) is 9.16. The zero-order valence-electron chi connectivity index (χ0n) is 11.5. The molecule has 3 rings (SSSR count). The van der Waals surface area contributed by atoms with Gasteiger partial charge >= 0.3 is 0 Å². The molecule has 2 unspecified atom stereocenters. The van der Waals surface area contributed by atoms with Gasteiger partial charge in [-0.15, -0.1) is 0 Å². The number of nitrogens with one attached hydrogen (secondary N) is 1. The van der Waals surface area contributed by atoms with Crippen molar-refractivity contribution in [2.24, 2.45) is 5.92 Å². The van der Waals surface area contributed by atoms with Crippen LogP contribution in [0.5, 0.6) is 0 Å². The van der Waals surface area contributed by atoms with Gasteiger partial charge in [0.25, 0.3) is 0 Å². The molecule has 3 heteroatoms. The third-order valence-electron chi connectivity index (χ3n) is 4.32. The molecule has 0 amide bonds. The molecule has 1 nitrogen and oxygen atoms in total. The first-order valence-electron chi connectivity index (χ1n) is 7.29. The lowest BCUT2D eigenvalue weighted by Crippen LogP contribution is -2.36. The van der Waals surface area contributed by atoms with Gasteiger partial charge in [0.2, 0.25) is 0 Å². The Labute approximate surface area is 125 Å². The molecule has 19 heavy (non-hydrogen) atoms. The second-order valence-corrected chi connectivity index (χ2v) is 8.27. The maximum atomic E-state index is 5.99. The zero-order chi connectivity index (χ0) is 13.3. The van der Waals surface area contributed by atoms with Gasteiger partial charge in [0.15, 0.2) is 0 Å². The van der Waals surface area contributed by atoms with E-state index in [9.17, 15) is 0 Å². The van der Waals surface area contributed by atoms with Crippen LogP contribution >= 0.6 is 23.4 Å². The summed E-state index contributed by atoms with van der Waals surface area (Å²) in [4.78, 5) is 0. The highest BCUT2D eigenvalue weighted by Gasteiger charge is 2.35. The van der Waals surface area contributed by atoms with E-state index in [0.29, 0.717) is 10.8 Å². The lowest BCUT2D eigenvalue weighted by Gasteiger charge is -2.27. The number of hydrogen-bond acceptors (Lipinski definition) is 2.